The molecule has 2 aromatic rings. The molecule has 0 aromatic carbocycles. The minimum absolute atomic E-state index is 0.620. The van der Waals surface area contributed by atoms with Crippen LogP contribution in [0.1, 0.15) is 55.8 Å². The lowest BCUT2D eigenvalue weighted by Crippen LogP contribution is -2.14. The van der Waals surface area contributed by atoms with Crippen LogP contribution in [0.3, 0.4) is 0 Å². The van der Waals surface area contributed by atoms with Crippen LogP contribution in [0.2, 0.25) is 0 Å². The quantitative estimate of drug-likeness (QED) is 0.887. The van der Waals surface area contributed by atoms with Gasteiger partial charge in [0, 0.05) is 30.5 Å². The molecule has 5 nitrogen and oxygen atoms in total. The number of rotatable bonds is 6. The molecule has 0 unspecified atom stereocenters. The van der Waals surface area contributed by atoms with Gasteiger partial charge in [-0.2, -0.15) is 10.2 Å². The van der Waals surface area contributed by atoms with Crippen molar-refractivity contribution in [3.8, 4) is 0 Å². The molecule has 0 atom stereocenters. The Balaban J connectivity index is 1.36. The number of hydrogen-bond acceptors (Lipinski definition) is 3. The first-order valence-corrected chi connectivity index (χ1v) is 8.15. The van der Waals surface area contributed by atoms with Crippen LogP contribution in [0.25, 0.3) is 0 Å². The maximum absolute atomic E-state index is 4.72. The molecule has 21 heavy (non-hydrogen) atoms. The predicted molar refractivity (Wildman–Crippen MR) is 80.9 cm³/mol. The molecule has 2 aliphatic carbocycles. The lowest BCUT2D eigenvalue weighted by atomic mass is 10.3. The van der Waals surface area contributed by atoms with Crippen molar-refractivity contribution in [2.24, 2.45) is 0 Å². The van der Waals surface area contributed by atoms with E-state index in [9.17, 15) is 0 Å². The standard InChI is InChI=1S/C16H23N5/c1-2-4-16(3-1)21-8-7-15(19-21)12-20-11-13(10-18-20)9-17-14-5-6-14/h7-8,10-11,14,16-17H,1-6,9,12H2. The highest BCUT2D eigenvalue weighted by atomic mass is 15.3. The molecule has 2 saturated carbocycles. The van der Waals surface area contributed by atoms with E-state index in [2.05, 4.69) is 33.6 Å². The minimum atomic E-state index is 0.620. The molecule has 0 radical (unpaired) electrons. The summed E-state index contributed by atoms with van der Waals surface area (Å²) in [4.78, 5) is 0. The molecule has 0 spiro atoms. The Labute approximate surface area is 125 Å². The molecular formula is C16H23N5. The second-order valence-electron chi connectivity index (χ2n) is 6.43. The third kappa shape index (κ3) is 3.18. The average Bonchev–Trinajstić information content (AvgIpc) is 2.93. The predicted octanol–water partition coefficient (Wildman–Crippen LogP) is 2.50. The summed E-state index contributed by atoms with van der Waals surface area (Å²) < 4.78 is 4.15. The monoisotopic (exact) mass is 285 g/mol. The fourth-order valence-electron chi connectivity index (χ4n) is 3.13. The number of nitrogens with one attached hydrogen (secondary N) is 1. The third-order valence-corrected chi connectivity index (χ3v) is 4.55. The SMILES string of the molecule is c1nn(Cc2ccn(C3CCCC3)n2)cc1CNC1CC1. The van der Waals surface area contributed by atoms with Crippen molar-refractivity contribution in [2.45, 2.75) is 63.7 Å². The molecule has 4 rings (SSSR count). The largest absolute Gasteiger partial charge is 0.310 e. The summed E-state index contributed by atoms with van der Waals surface area (Å²) in [5, 5.41) is 12.7. The first kappa shape index (κ1) is 13.1. The van der Waals surface area contributed by atoms with Crippen LogP contribution in [0.4, 0.5) is 0 Å². The molecule has 0 saturated heterocycles. The lowest BCUT2D eigenvalue weighted by Gasteiger charge is -2.08. The van der Waals surface area contributed by atoms with Gasteiger partial charge in [0.05, 0.1) is 24.5 Å². The minimum Gasteiger partial charge on any atom is -0.310 e. The van der Waals surface area contributed by atoms with Gasteiger partial charge in [0.1, 0.15) is 0 Å². The van der Waals surface area contributed by atoms with E-state index in [0.717, 1.165) is 24.8 Å². The summed E-state index contributed by atoms with van der Waals surface area (Å²) >= 11 is 0. The maximum atomic E-state index is 4.72. The Hall–Kier alpha value is -1.62. The van der Waals surface area contributed by atoms with Crippen LogP contribution in [0, 0.1) is 0 Å². The zero-order valence-corrected chi connectivity index (χ0v) is 12.4. The summed E-state index contributed by atoms with van der Waals surface area (Å²) in [5.74, 6) is 0. The van der Waals surface area contributed by atoms with Gasteiger partial charge in [-0.15, -0.1) is 0 Å². The van der Waals surface area contributed by atoms with Crippen molar-refractivity contribution in [3.05, 3.63) is 35.9 Å². The van der Waals surface area contributed by atoms with Crippen molar-refractivity contribution in [2.75, 3.05) is 0 Å². The zero-order valence-electron chi connectivity index (χ0n) is 12.4. The second-order valence-corrected chi connectivity index (χ2v) is 6.43. The summed E-state index contributed by atoms with van der Waals surface area (Å²) in [6.45, 7) is 1.70. The van der Waals surface area contributed by atoms with Gasteiger partial charge < -0.3 is 5.32 Å². The van der Waals surface area contributed by atoms with E-state index in [4.69, 9.17) is 5.10 Å². The van der Waals surface area contributed by atoms with Crippen molar-refractivity contribution in [3.63, 3.8) is 0 Å². The fraction of sp³-hybridized carbons (Fsp3) is 0.625. The zero-order chi connectivity index (χ0) is 14.1. The van der Waals surface area contributed by atoms with Gasteiger partial charge in [0.2, 0.25) is 0 Å². The van der Waals surface area contributed by atoms with Crippen LogP contribution < -0.4 is 5.32 Å². The van der Waals surface area contributed by atoms with Gasteiger partial charge in [-0.05, 0) is 31.7 Å². The summed E-state index contributed by atoms with van der Waals surface area (Å²) in [7, 11) is 0. The Morgan fingerprint density at radius 1 is 1.19 bits per heavy atom. The average molecular weight is 285 g/mol. The third-order valence-electron chi connectivity index (χ3n) is 4.55. The maximum Gasteiger partial charge on any atom is 0.0849 e. The van der Waals surface area contributed by atoms with Gasteiger partial charge in [0.15, 0.2) is 0 Å². The van der Waals surface area contributed by atoms with E-state index >= 15 is 0 Å². The van der Waals surface area contributed by atoms with Crippen molar-refractivity contribution in [1.82, 2.24) is 24.9 Å². The van der Waals surface area contributed by atoms with E-state index in [1.807, 2.05) is 10.9 Å². The first-order valence-electron chi connectivity index (χ1n) is 8.15. The second kappa shape index (κ2) is 5.64. The van der Waals surface area contributed by atoms with Crippen LogP contribution in [-0.4, -0.2) is 25.6 Å². The van der Waals surface area contributed by atoms with E-state index in [1.54, 1.807) is 0 Å². The van der Waals surface area contributed by atoms with Crippen LogP contribution in [-0.2, 0) is 13.1 Å². The number of nitrogens with zero attached hydrogens (tertiary/aromatic N) is 4. The van der Waals surface area contributed by atoms with Gasteiger partial charge in [0.25, 0.3) is 0 Å². The number of hydrogen-bond donors (Lipinski definition) is 1. The Morgan fingerprint density at radius 3 is 2.86 bits per heavy atom. The topological polar surface area (TPSA) is 47.7 Å². The van der Waals surface area contributed by atoms with Crippen molar-refractivity contribution >= 4 is 0 Å². The lowest BCUT2D eigenvalue weighted by molar-refractivity contribution is 0.460. The molecule has 2 aliphatic rings. The van der Waals surface area contributed by atoms with E-state index in [-0.39, 0.29) is 0 Å². The van der Waals surface area contributed by atoms with Gasteiger partial charge in [-0.1, -0.05) is 12.8 Å². The van der Waals surface area contributed by atoms with Gasteiger partial charge in [-0.25, -0.2) is 0 Å². The van der Waals surface area contributed by atoms with Crippen LogP contribution >= 0.6 is 0 Å². The van der Waals surface area contributed by atoms with E-state index in [0.29, 0.717) is 6.04 Å². The molecule has 0 aliphatic heterocycles. The van der Waals surface area contributed by atoms with Crippen molar-refractivity contribution in [1.29, 1.82) is 0 Å². The van der Waals surface area contributed by atoms with Crippen LogP contribution in [0.5, 0.6) is 0 Å². The highest BCUT2D eigenvalue weighted by molar-refractivity contribution is 5.07. The summed E-state index contributed by atoms with van der Waals surface area (Å²) in [5.41, 5.74) is 2.36. The molecule has 5 heteroatoms. The van der Waals surface area contributed by atoms with Gasteiger partial charge in [-0.3, -0.25) is 9.36 Å². The van der Waals surface area contributed by atoms with Crippen molar-refractivity contribution < 1.29 is 0 Å². The molecule has 2 heterocycles. The van der Waals surface area contributed by atoms with E-state index in [1.165, 1.54) is 44.1 Å². The number of aromatic nitrogens is 4. The molecule has 0 amide bonds. The Kier molecular flexibility index (Phi) is 3.51. The normalized spacial score (nSPS) is 19.4. The molecule has 2 aromatic heterocycles. The summed E-state index contributed by atoms with van der Waals surface area (Å²) in [6, 6.07) is 3.49. The Morgan fingerprint density at radius 2 is 2.05 bits per heavy atom. The first-order chi connectivity index (χ1) is 10.4. The Bertz CT molecular complexity index is 589. The molecular weight excluding hydrogens is 262 g/mol. The van der Waals surface area contributed by atoms with E-state index < -0.39 is 0 Å². The van der Waals surface area contributed by atoms with Gasteiger partial charge >= 0.3 is 0 Å². The molecule has 0 bridgehead atoms. The fourth-order valence-corrected chi connectivity index (χ4v) is 3.13. The van der Waals surface area contributed by atoms with Crippen LogP contribution in [0.15, 0.2) is 24.7 Å². The molecule has 1 N–H and O–H groups in total. The highest BCUT2D eigenvalue weighted by Crippen LogP contribution is 2.28. The highest BCUT2D eigenvalue weighted by Gasteiger charge is 2.20. The molecule has 2 fully saturated rings. The summed E-state index contributed by atoms with van der Waals surface area (Å²) in [6.07, 6.45) is 14.1. The smallest absolute Gasteiger partial charge is 0.0849 e. The molecule has 112 valence electrons.